The van der Waals surface area contributed by atoms with Crippen molar-refractivity contribution in [3.63, 3.8) is 0 Å². The number of benzene rings is 1. The number of carbonyl (C=O) groups is 1. The predicted molar refractivity (Wildman–Crippen MR) is 64.7 cm³/mol. The van der Waals surface area contributed by atoms with Crippen molar-refractivity contribution in [1.29, 1.82) is 0 Å². The molecule has 0 aliphatic rings. The minimum absolute atomic E-state index is 0.239. The zero-order valence-electron chi connectivity index (χ0n) is 9.37. The number of nitrogen functional groups attached to an aromatic ring is 1. The number of hydrogen-bond donors (Lipinski definition) is 1. The number of ether oxygens (including phenoxy) is 1. The van der Waals surface area contributed by atoms with E-state index in [1.54, 1.807) is 18.2 Å². The molecule has 1 rings (SSSR count). The lowest BCUT2D eigenvalue weighted by atomic mass is 10.2. The molecular formula is C11H15ClN2O2. The molecule has 2 N–H and O–H groups in total. The summed E-state index contributed by atoms with van der Waals surface area (Å²) >= 11 is 5.87. The van der Waals surface area contributed by atoms with Gasteiger partial charge in [0.1, 0.15) is 12.2 Å². The molecule has 0 radical (unpaired) electrons. The number of nitrogens with zero attached hydrogens (tertiary/aromatic N) is 1. The Labute approximate surface area is 99.9 Å². The van der Waals surface area contributed by atoms with Crippen molar-refractivity contribution in [2.24, 2.45) is 0 Å². The van der Waals surface area contributed by atoms with Gasteiger partial charge in [-0.05, 0) is 26.2 Å². The fourth-order valence-electron chi connectivity index (χ4n) is 1.15. The number of carbonyl (C=O) groups excluding carboxylic acids is 1. The Morgan fingerprint density at radius 3 is 2.75 bits per heavy atom. The lowest BCUT2D eigenvalue weighted by molar-refractivity contribution is 0.0483. The van der Waals surface area contributed by atoms with E-state index in [2.05, 4.69) is 0 Å². The molecule has 16 heavy (non-hydrogen) atoms. The van der Waals surface area contributed by atoms with Gasteiger partial charge in [0.25, 0.3) is 0 Å². The van der Waals surface area contributed by atoms with Crippen LogP contribution in [0.1, 0.15) is 10.4 Å². The molecular weight excluding hydrogens is 228 g/mol. The van der Waals surface area contributed by atoms with Gasteiger partial charge in [0.15, 0.2) is 0 Å². The highest BCUT2D eigenvalue weighted by atomic mass is 35.5. The second-order valence-electron chi connectivity index (χ2n) is 3.64. The van der Waals surface area contributed by atoms with Crippen molar-refractivity contribution >= 4 is 23.3 Å². The molecule has 1 aromatic carbocycles. The largest absolute Gasteiger partial charge is 0.461 e. The quantitative estimate of drug-likeness (QED) is 0.644. The van der Waals surface area contributed by atoms with Gasteiger partial charge in [-0.25, -0.2) is 4.79 Å². The smallest absolute Gasteiger partial charge is 0.341 e. The highest BCUT2D eigenvalue weighted by Gasteiger charge is 2.14. The van der Waals surface area contributed by atoms with Crippen LogP contribution in [0.2, 0.25) is 5.02 Å². The summed E-state index contributed by atoms with van der Waals surface area (Å²) in [7, 11) is 3.80. The maximum absolute atomic E-state index is 11.7. The Bertz CT molecular complexity index is 360. The molecule has 0 fully saturated rings. The van der Waals surface area contributed by atoms with Gasteiger partial charge in [-0.15, -0.1) is 0 Å². The first kappa shape index (κ1) is 12.8. The second kappa shape index (κ2) is 5.72. The Kier molecular flexibility index (Phi) is 4.58. The Morgan fingerprint density at radius 1 is 1.50 bits per heavy atom. The Morgan fingerprint density at radius 2 is 2.19 bits per heavy atom. The Balaban J connectivity index is 2.66. The van der Waals surface area contributed by atoms with E-state index >= 15 is 0 Å². The molecule has 0 amide bonds. The summed E-state index contributed by atoms with van der Waals surface area (Å²) in [5.74, 6) is -0.482. The molecule has 0 aliphatic carbocycles. The molecule has 0 unspecified atom stereocenters. The highest BCUT2D eigenvalue weighted by molar-refractivity contribution is 6.34. The lowest BCUT2D eigenvalue weighted by Crippen LogP contribution is -2.20. The monoisotopic (exact) mass is 242 g/mol. The molecule has 0 bridgehead atoms. The molecule has 0 atom stereocenters. The number of anilines is 1. The average molecular weight is 243 g/mol. The van der Waals surface area contributed by atoms with Crippen molar-refractivity contribution in [2.45, 2.75) is 0 Å². The van der Waals surface area contributed by atoms with E-state index < -0.39 is 5.97 Å². The van der Waals surface area contributed by atoms with Gasteiger partial charge in [0.05, 0.1) is 5.02 Å². The predicted octanol–water partition coefficient (Wildman–Crippen LogP) is 1.64. The standard InChI is InChI=1S/C11H15ClN2O2/c1-14(2)6-7-16-11(15)10-8(12)4-3-5-9(10)13/h3-5H,6-7,13H2,1-2H3. The maximum atomic E-state index is 11.7. The first-order valence-corrected chi connectivity index (χ1v) is 5.26. The summed E-state index contributed by atoms with van der Waals surface area (Å²) in [5.41, 5.74) is 6.23. The molecule has 1 aromatic rings. The zero-order valence-corrected chi connectivity index (χ0v) is 10.1. The van der Waals surface area contributed by atoms with Crippen LogP contribution in [0.25, 0.3) is 0 Å². The molecule has 0 aromatic heterocycles. The van der Waals surface area contributed by atoms with Crippen LogP contribution in [0, 0.1) is 0 Å². The van der Waals surface area contributed by atoms with Crippen molar-refractivity contribution in [3.8, 4) is 0 Å². The van der Waals surface area contributed by atoms with E-state index in [0.717, 1.165) is 0 Å². The van der Waals surface area contributed by atoms with E-state index in [-0.39, 0.29) is 5.56 Å². The number of hydrogen-bond acceptors (Lipinski definition) is 4. The van der Waals surface area contributed by atoms with Crippen LogP contribution in [0.15, 0.2) is 18.2 Å². The molecule has 0 aliphatic heterocycles. The summed E-state index contributed by atoms with van der Waals surface area (Å²) < 4.78 is 5.06. The van der Waals surface area contributed by atoms with Gasteiger partial charge in [-0.1, -0.05) is 17.7 Å². The van der Waals surface area contributed by atoms with Gasteiger partial charge < -0.3 is 15.4 Å². The van der Waals surface area contributed by atoms with Crippen molar-refractivity contribution in [1.82, 2.24) is 4.90 Å². The van der Waals surface area contributed by atoms with Crippen LogP contribution in [0.4, 0.5) is 5.69 Å². The van der Waals surface area contributed by atoms with Crippen LogP contribution in [0.5, 0.6) is 0 Å². The van der Waals surface area contributed by atoms with E-state index in [1.807, 2.05) is 19.0 Å². The third-order valence-electron chi connectivity index (χ3n) is 2.02. The van der Waals surface area contributed by atoms with Crippen LogP contribution in [-0.4, -0.2) is 38.1 Å². The minimum Gasteiger partial charge on any atom is -0.461 e. The zero-order chi connectivity index (χ0) is 12.1. The molecule has 5 heteroatoms. The third-order valence-corrected chi connectivity index (χ3v) is 2.34. The van der Waals surface area contributed by atoms with Gasteiger partial charge in [-0.3, -0.25) is 0 Å². The first-order valence-electron chi connectivity index (χ1n) is 4.88. The number of nitrogens with two attached hydrogens (primary N) is 1. The molecule has 4 nitrogen and oxygen atoms in total. The lowest BCUT2D eigenvalue weighted by Gasteiger charge is -2.11. The van der Waals surface area contributed by atoms with E-state index in [1.165, 1.54) is 0 Å². The van der Waals surface area contributed by atoms with E-state index in [0.29, 0.717) is 23.9 Å². The number of rotatable bonds is 4. The average Bonchev–Trinajstić information content (AvgIpc) is 2.16. The van der Waals surface area contributed by atoms with Crippen molar-refractivity contribution in [2.75, 3.05) is 33.0 Å². The van der Waals surface area contributed by atoms with Crippen LogP contribution in [-0.2, 0) is 4.74 Å². The molecule has 0 spiro atoms. The fraction of sp³-hybridized carbons (Fsp3) is 0.364. The maximum Gasteiger partial charge on any atom is 0.341 e. The SMILES string of the molecule is CN(C)CCOC(=O)c1c(N)cccc1Cl. The van der Waals surface area contributed by atoms with E-state index in [9.17, 15) is 4.79 Å². The summed E-state index contributed by atoms with van der Waals surface area (Å²) in [6.07, 6.45) is 0. The summed E-state index contributed by atoms with van der Waals surface area (Å²) in [4.78, 5) is 13.6. The van der Waals surface area contributed by atoms with Crippen LogP contribution >= 0.6 is 11.6 Å². The molecule has 0 saturated heterocycles. The van der Waals surface area contributed by atoms with Gasteiger partial charge >= 0.3 is 5.97 Å². The normalized spacial score (nSPS) is 10.5. The van der Waals surface area contributed by atoms with E-state index in [4.69, 9.17) is 22.1 Å². The number of likely N-dealkylation sites (N-methyl/N-ethyl adjacent to an activating group) is 1. The minimum atomic E-state index is -0.482. The molecule has 0 saturated carbocycles. The second-order valence-corrected chi connectivity index (χ2v) is 4.05. The Hall–Kier alpha value is -1.26. The van der Waals surface area contributed by atoms with Crippen molar-refractivity contribution in [3.05, 3.63) is 28.8 Å². The summed E-state index contributed by atoms with van der Waals surface area (Å²) in [5, 5.41) is 0.315. The van der Waals surface area contributed by atoms with Gasteiger partial charge in [-0.2, -0.15) is 0 Å². The fourth-order valence-corrected chi connectivity index (χ4v) is 1.41. The van der Waals surface area contributed by atoms with Gasteiger partial charge in [0, 0.05) is 12.2 Å². The third kappa shape index (κ3) is 3.40. The summed E-state index contributed by atoms with van der Waals surface area (Å²) in [6.45, 7) is 0.979. The summed E-state index contributed by atoms with van der Waals surface area (Å²) in [6, 6.07) is 4.92. The van der Waals surface area contributed by atoms with Gasteiger partial charge in [0.2, 0.25) is 0 Å². The number of halogens is 1. The topological polar surface area (TPSA) is 55.6 Å². The first-order chi connectivity index (χ1) is 7.52. The van der Waals surface area contributed by atoms with Crippen molar-refractivity contribution < 1.29 is 9.53 Å². The molecule has 88 valence electrons. The van der Waals surface area contributed by atoms with Crippen LogP contribution < -0.4 is 5.73 Å². The van der Waals surface area contributed by atoms with Crippen LogP contribution in [0.3, 0.4) is 0 Å². The number of esters is 1. The molecule has 0 heterocycles. The highest BCUT2D eigenvalue weighted by Crippen LogP contribution is 2.22.